The summed E-state index contributed by atoms with van der Waals surface area (Å²) < 4.78 is 11.4. The van der Waals surface area contributed by atoms with E-state index in [9.17, 15) is 5.11 Å². The molecule has 4 heteroatoms. The van der Waals surface area contributed by atoms with E-state index in [4.69, 9.17) is 9.47 Å². The quantitative estimate of drug-likeness (QED) is 0.906. The SMILES string of the molecule is COc1ccc(CC[C@H](C)O)c(Br)c1OC. The van der Waals surface area contributed by atoms with E-state index in [1.54, 1.807) is 21.1 Å². The maximum Gasteiger partial charge on any atom is 0.175 e. The highest BCUT2D eigenvalue weighted by atomic mass is 79.9. The molecule has 0 aromatic heterocycles. The lowest BCUT2D eigenvalue weighted by molar-refractivity contribution is 0.185. The van der Waals surface area contributed by atoms with Crippen LogP contribution in [-0.4, -0.2) is 25.4 Å². The Morgan fingerprint density at radius 3 is 2.50 bits per heavy atom. The van der Waals surface area contributed by atoms with Gasteiger partial charge in [0, 0.05) is 0 Å². The molecule has 0 saturated heterocycles. The van der Waals surface area contributed by atoms with Crippen molar-refractivity contribution in [3.63, 3.8) is 0 Å². The zero-order valence-electron chi connectivity index (χ0n) is 9.79. The fraction of sp³-hybridized carbons (Fsp3) is 0.500. The van der Waals surface area contributed by atoms with Gasteiger partial charge in [0.1, 0.15) is 0 Å². The normalized spacial score (nSPS) is 12.3. The van der Waals surface area contributed by atoms with Crippen molar-refractivity contribution in [2.45, 2.75) is 25.9 Å². The van der Waals surface area contributed by atoms with Crippen LogP contribution in [0.25, 0.3) is 0 Å². The van der Waals surface area contributed by atoms with Gasteiger partial charge in [0.05, 0.1) is 24.8 Å². The van der Waals surface area contributed by atoms with Crippen LogP contribution in [0.2, 0.25) is 0 Å². The fourth-order valence-corrected chi connectivity index (χ4v) is 2.18. The Labute approximate surface area is 105 Å². The summed E-state index contributed by atoms with van der Waals surface area (Å²) in [5.74, 6) is 1.40. The lowest BCUT2D eigenvalue weighted by atomic mass is 10.1. The van der Waals surface area contributed by atoms with Gasteiger partial charge in [-0.25, -0.2) is 0 Å². The Balaban J connectivity index is 2.95. The van der Waals surface area contributed by atoms with Crippen LogP contribution in [0.15, 0.2) is 16.6 Å². The van der Waals surface area contributed by atoms with Crippen molar-refractivity contribution >= 4 is 15.9 Å². The summed E-state index contributed by atoms with van der Waals surface area (Å²) in [5.41, 5.74) is 1.11. The van der Waals surface area contributed by atoms with Crippen LogP contribution >= 0.6 is 15.9 Å². The van der Waals surface area contributed by atoms with E-state index in [1.165, 1.54) is 0 Å². The molecule has 0 fully saturated rings. The van der Waals surface area contributed by atoms with Crippen molar-refractivity contribution in [2.75, 3.05) is 14.2 Å². The molecule has 90 valence electrons. The molecule has 1 atom stereocenters. The molecule has 0 radical (unpaired) electrons. The number of hydrogen-bond donors (Lipinski definition) is 1. The third-order valence-corrected chi connectivity index (χ3v) is 3.27. The molecule has 1 N–H and O–H groups in total. The summed E-state index contributed by atoms with van der Waals surface area (Å²) in [4.78, 5) is 0. The van der Waals surface area contributed by atoms with Gasteiger partial charge in [0.15, 0.2) is 11.5 Å². The minimum absolute atomic E-state index is 0.292. The minimum Gasteiger partial charge on any atom is -0.493 e. The van der Waals surface area contributed by atoms with Gasteiger partial charge in [-0.3, -0.25) is 0 Å². The number of hydrogen-bond acceptors (Lipinski definition) is 3. The number of methoxy groups -OCH3 is 2. The zero-order chi connectivity index (χ0) is 12.1. The average molecular weight is 289 g/mol. The minimum atomic E-state index is -0.292. The van der Waals surface area contributed by atoms with E-state index in [2.05, 4.69) is 15.9 Å². The average Bonchev–Trinajstić information content (AvgIpc) is 2.26. The molecule has 0 aliphatic carbocycles. The van der Waals surface area contributed by atoms with E-state index in [-0.39, 0.29) is 6.10 Å². The number of aliphatic hydroxyl groups excluding tert-OH is 1. The van der Waals surface area contributed by atoms with E-state index in [1.807, 2.05) is 12.1 Å². The molecule has 1 rings (SSSR count). The molecule has 0 aliphatic heterocycles. The summed E-state index contributed by atoms with van der Waals surface area (Å²) >= 11 is 3.50. The molecular formula is C12H17BrO3. The Morgan fingerprint density at radius 2 is 2.00 bits per heavy atom. The third kappa shape index (κ3) is 3.12. The van der Waals surface area contributed by atoms with E-state index in [0.717, 1.165) is 22.9 Å². The van der Waals surface area contributed by atoms with Gasteiger partial charge in [-0.2, -0.15) is 0 Å². The first-order valence-corrected chi connectivity index (χ1v) is 5.96. The highest BCUT2D eigenvalue weighted by Gasteiger charge is 2.12. The van der Waals surface area contributed by atoms with Gasteiger partial charge >= 0.3 is 0 Å². The number of aryl methyl sites for hydroxylation is 1. The van der Waals surface area contributed by atoms with Crippen molar-refractivity contribution in [3.05, 3.63) is 22.2 Å². The van der Waals surface area contributed by atoms with Gasteiger partial charge in [0.2, 0.25) is 0 Å². The first-order valence-electron chi connectivity index (χ1n) is 5.17. The number of rotatable bonds is 5. The van der Waals surface area contributed by atoms with Crippen LogP contribution in [0.3, 0.4) is 0 Å². The molecule has 16 heavy (non-hydrogen) atoms. The van der Waals surface area contributed by atoms with Crippen molar-refractivity contribution in [1.82, 2.24) is 0 Å². The van der Waals surface area contributed by atoms with Crippen LogP contribution in [0.5, 0.6) is 11.5 Å². The maximum absolute atomic E-state index is 9.26. The third-order valence-electron chi connectivity index (χ3n) is 2.40. The maximum atomic E-state index is 9.26. The van der Waals surface area contributed by atoms with E-state index < -0.39 is 0 Å². The Morgan fingerprint density at radius 1 is 1.31 bits per heavy atom. The van der Waals surface area contributed by atoms with Gasteiger partial charge in [0.25, 0.3) is 0 Å². The molecule has 0 spiro atoms. The van der Waals surface area contributed by atoms with E-state index >= 15 is 0 Å². The van der Waals surface area contributed by atoms with Gasteiger partial charge in [-0.1, -0.05) is 6.07 Å². The van der Waals surface area contributed by atoms with Crippen LogP contribution in [0.4, 0.5) is 0 Å². The van der Waals surface area contributed by atoms with Crippen LogP contribution in [0.1, 0.15) is 18.9 Å². The molecule has 0 bridgehead atoms. The standard InChI is InChI=1S/C12H17BrO3/c1-8(14)4-5-9-6-7-10(15-2)12(16-3)11(9)13/h6-8,14H,4-5H2,1-3H3/t8-/m0/s1. The van der Waals surface area contributed by atoms with Crippen molar-refractivity contribution in [3.8, 4) is 11.5 Å². The molecular weight excluding hydrogens is 272 g/mol. The molecule has 1 aromatic rings. The summed E-state index contributed by atoms with van der Waals surface area (Å²) in [6.07, 6.45) is 1.24. The second-order valence-electron chi connectivity index (χ2n) is 3.66. The highest BCUT2D eigenvalue weighted by molar-refractivity contribution is 9.10. The van der Waals surface area contributed by atoms with E-state index in [0.29, 0.717) is 11.5 Å². The first kappa shape index (κ1) is 13.3. The smallest absolute Gasteiger partial charge is 0.175 e. The fourth-order valence-electron chi connectivity index (χ4n) is 1.49. The lowest BCUT2D eigenvalue weighted by Crippen LogP contribution is -2.02. The van der Waals surface area contributed by atoms with Crippen LogP contribution < -0.4 is 9.47 Å². The van der Waals surface area contributed by atoms with Crippen molar-refractivity contribution in [1.29, 1.82) is 0 Å². The summed E-state index contributed by atoms with van der Waals surface area (Å²) in [6, 6.07) is 3.86. The Hall–Kier alpha value is -0.740. The first-order chi connectivity index (χ1) is 7.60. The number of benzene rings is 1. The number of halogens is 1. The van der Waals surface area contributed by atoms with Crippen LogP contribution in [-0.2, 0) is 6.42 Å². The predicted octanol–water partition coefficient (Wildman–Crippen LogP) is 2.78. The van der Waals surface area contributed by atoms with Gasteiger partial charge < -0.3 is 14.6 Å². The summed E-state index contributed by atoms with van der Waals surface area (Å²) in [7, 11) is 3.22. The second-order valence-corrected chi connectivity index (χ2v) is 4.45. The Kier molecular flexibility index (Phi) is 5.09. The van der Waals surface area contributed by atoms with Crippen LogP contribution in [0, 0.1) is 0 Å². The number of aliphatic hydroxyl groups is 1. The molecule has 1 aromatic carbocycles. The molecule has 0 unspecified atom stereocenters. The molecule has 3 nitrogen and oxygen atoms in total. The molecule has 0 heterocycles. The van der Waals surface area contributed by atoms with Crippen molar-refractivity contribution in [2.24, 2.45) is 0 Å². The summed E-state index contributed by atoms with van der Waals surface area (Å²) in [6.45, 7) is 1.79. The molecule has 0 aliphatic rings. The highest BCUT2D eigenvalue weighted by Crippen LogP contribution is 2.37. The second kappa shape index (κ2) is 6.11. The van der Waals surface area contributed by atoms with Gasteiger partial charge in [-0.05, 0) is 47.3 Å². The largest absolute Gasteiger partial charge is 0.493 e. The summed E-state index contributed by atoms with van der Waals surface area (Å²) in [5, 5.41) is 9.26. The van der Waals surface area contributed by atoms with Crippen molar-refractivity contribution < 1.29 is 14.6 Å². The lowest BCUT2D eigenvalue weighted by Gasteiger charge is -2.13. The Bertz CT molecular complexity index is 350. The van der Waals surface area contributed by atoms with Gasteiger partial charge in [-0.15, -0.1) is 0 Å². The topological polar surface area (TPSA) is 38.7 Å². The predicted molar refractivity (Wildman–Crippen MR) is 67.2 cm³/mol. The number of ether oxygens (including phenoxy) is 2. The monoisotopic (exact) mass is 288 g/mol. The molecule has 0 saturated carbocycles. The zero-order valence-corrected chi connectivity index (χ0v) is 11.4. The molecule has 0 amide bonds.